The Bertz CT molecular complexity index is 837. The topological polar surface area (TPSA) is 53.4 Å². The standard InChI is InChI=1S/C20H20N2O2S/c23-19(16-6-3-4-10-21-16)14-8-11-22(12-9-14)20(24)18-13-15-5-1-2-7-17(15)25-18/h1-7,10,13-14,19,23H,8-9,11-12H2. The molecule has 0 aliphatic carbocycles. The molecule has 4 nitrogen and oxygen atoms in total. The number of rotatable bonds is 3. The van der Waals surface area contributed by atoms with Crippen molar-refractivity contribution in [2.24, 2.45) is 5.92 Å². The molecule has 1 N–H and O–H groups in total. The molecule has 4 rings (SSSR count). The largest absolute Gasteiger partial charge is 0.387 e. The van der Waals surface area contributed by atoms with Gasteiger partial charge in [0.25, 0.3) is 5.91 Å². The quantitative estimate of drug-likeness (QED) is 0.778. The van der Waals surface area contributed by atoms with Crippen molar-refractivity contribution in [1.29, 1.82) is 0 Å². The fourth-order valence-electron chi connectivity index (χ4n) is 3.45. The number of carbonyl (C=O) groups is 1. The lowest BCUT2D eigenvalue weighted by Gasteiger charge is -2.33. The highest BCUT2D eigenvalue weighted by molar-refractivity contribution is 7.20. The number of pyridine rings is 1. The van der Waals surface area contributed by atoms with Crippen molar-refractivity contribution in [3.05, 3.63) is 65.3 Å². The maximum atomic E-state index is 12.8. The number of piperidine rings is 1. The van der Waals surface area contributed by atoms with Crippen LogP contribution in [0.2, 0.25) is 0 Å². The Hall–Kier alpha value is -2.24. The van der Waals surface area contributed by atoms with Gasteiger partial charge in [-0.3, -0.25) is 9.78 Å². The van der Waals surface area contributed by atoms with Crippen LogP contribution in [0.1, 0.15) is 34.3 Å². The van der Waals surface area contributed by atoms with Crippen molar-refractivity contribution in [2.75, 3.05) is 13.1 Å². The molecule has 0 radical (unpaired) electrons. The van der Waals surface area contributed by atoms with Gasteiger partial charge in [-0.25, -0.2) is 0 Å². The van der Waals surface area contributed by atoms with E-state index in [1.54, 1.807) is 17.5 Å². The Kier molecular flexibility index (Phi) is 4.51. The number of aliphatic hydroxyl groups is 1. The van der Waals surface area contributed by atoms with Crippen LogP contribution < -0.4 is 0 Å². The molecule has 3 heterocycles. The summed E-state index contributed by atoms with van der Waals surface area (Å²) in [6, 6.07) is 15.7. The highest BCUT2D eigenvalue weighted by atomic mass is 32.1. The molecular formula is C20H20N2O2S. The van der Waals surface area contributed by atoms with Gasteiger partial charge in [-0.15, -0.1) is 11.3 Å². The number of amides is 1. The Morgan fingerprint density at radius 1 is 1.16 bits per heavy atom. The predicted octanol–water partition coefficient (Wildman–Crippen LogP) is 3.88. The highest BCUT2D eigenvalue weighted by Gasteiger charge is 2.29. The lowest BCUT2D eigenvalue weighted by atomic mass is 9.89. The third kappa shape index (κ3) is 3.30. The van der Waals surface area contributed by atoms with E-state index in [0.717, 1.165) is 33.5 Å². The van der Waals surface area contributed by atoms with E-state index >= 15 is 0 Å². The Labute approximate surface area is 150 Å². The second-order valence-corrected chi connectivity index (χ2v) is 7.56. The van der Waals surface area contributed by atoms with Gasteiger partial charge in [0.1, 0.15) is 0 Å². The Balaban J connectivity index is 1.42. The van der Waals surface area contributed by atoms with Crippen molar-refractivity contribution in [1.82, 2.24) is 9.88 Å². The van der Waals surface area contributed by atoms with Crippen LogP contribution >= 0.6 is 11.3 Å². The molecule has 1 amide bonds. The number of hydrogen-bond donors (Lipinski definition) is 1. The van der Waals surface area contributed by atoms with Gasteiger partial charge >= 0.3 is 0 Å². The molecule has 128 valence electrons. The van der Waals surface area contributed by atoms with Gasteiger partial charge in [-0.05, 0) is 48.4 Å². The zero-order chi connectivity index (χ0) is 17.2. The number of aromatic nitrogens is 1. The first kappa shape index (κ1) is 16.2. The number of hydrogen-bond acceptors (Lipinski definition) is 4. The fraction of sp³-hybridized carbons (Fsp3) is 0.300. The minimum absolute atomic E-state index is 0.104. The summed E-state index contributed by atoms with van der Waals surface area (Å²) in [6.07, 6.45) is 2.75. The lowest BCUT2D eigenvalue weighted by Crippen LogP contribution is -2.39. The number of nitrogens with zero attached hydrogens (tertiary/aromatic N) is 2. The van der Waals surface area contributed by atoms with Gasteiger partial charge in [-0.2, -0.15) is 0 Å². The minimum Gasteiger partial charge on any atom is -0.387 e. The zero-order valence-corrected chi connectivity index (χ0v) is 14.7. The average molecular weight is 352 g/mol. The third-order valence-electron chi connectivity index (χ3n) is 4.90. The molecule has 0 spiro atoms. The van der Waals surface area contributed by atoms with E-state index in [-0.39, 0.29) is 11.8 Å². The van der Waals surface area contributed by atoms with Crippen molar-refractivity contribution in [3.63, 3.8) is 0 Å². The van der Waals surface area contributed by atoms with E-state index in [1.165, 1.54) is 0 Å². The number of likely N-dealkylation sites (tertiary alicyclic amines) is 1. The van der Waals surface area contributed by atoms with E-state index < -0.39 is 6.10 Å². The van der Waals surface area contributed by atoms with Gasteiger partial charge in [0, 0.05) is 24.0 Å². The molecular weight excluding hydrogens is 332 g/mol. The number of carbonyl (C=O) groups excluding carboxylic acids is 1. The molecule has 5 heteroatoms. The second kappa shape index (κ2) is 6.94. The summed E-state index contributed by atoms with van der Waals surface area (Å²) in [5.74, 6) is 0.258. The van der Waals surface area contributed by atoms with Gasteiger partial charge in [-0.1, -0.05) is 24.3 Å². The summed E-state index contributed by atoms with van der Waals surface area (Å²) in [4.78, 5) is 19.7. The summed E-state index contributed by atoms with van der Waals surface area (Å²) in [5.41, 5.74) is 0.719. The summed E-state index contributed by atoms with van der Waals surface area (Å²) in [7, 11) is 0. The number of benzene rings is 1. The van der Waals surface area contributed by atoms with Crippen LogP contribution in [-0.4, -0.2) is 34.0 Å². The zero-order valence-electron chi connectivity index (χ0n) is 13.8. The Morgan fingerprint density at radius 2 is 1.92 bits per heavy atom. The van der Waals surface area contributed by atoms with E-state index in [2.05, 4.69) is 4.98 Å². The number of aliphatic hydroxyl groups excluding tert-OH is 1. The first-order valence-electron chi connectivity index (χ1n) is 8.59. The first-order valence-corrected chi connectivity index (χ1v) is 9.41. The van der Waals surface area contributed by atoms with Crippen LogP contribution in [0.5, 0.6) is 0 Å². The summed E-state index contributed by atoms with van der Waals surface area (Å²) in [6.45, 7) is 1.36. The number of fused-ring (bicyclic) bond motifs is 1. The molecule has 0 saturated carbocycles. The van der Waals surface area contributed by atoms with Crippen molar-refractivity contribution in [2.45, 2.75) is 18.9 Å². The molecule has 1 atom stereocenters. The van der Waals surface area contributed by atoms with E-state index in [9.17, 15) is 9.90 Å². The smallest absolute Gasteiger partial charge is 0.263 e. The Morgan fingerprint density at radius 3 is 2.64 bits per heavy atom. The molecule has 1 aliphatic heterocycles. The third-order valence-corrected chi connectivity index (χ3v) is 6.00. The molecule has 25 heavy (non-hydrogen) atoms. The maximum absolute atomic E-state index is 12.8. The van der Waals surface area contributed by atoms with Gasteiger partial charge in [0.15, 0.2) is 0 Å². The van der Waals surface area contributed by atoms with Crippen molar-refractivity contribution in [3.8, 4) is 0 Å². The summed E-state index contributed by atoms with van der Waals surface area (Å²) in [5, 5.41) is 11.6. The van der Waals surface area contributed by atoms with E-state index in [4.69, 9.17) is 0 Å². The van der Waals surface area contributed by atoms with Crippen LogP contribution in [-0.2, 0) is 0 Å². The SMILES string of the molecule is O=C(c1cc2ccccc2s1)N1CCC(C(O)c2ccccn2)CC1. The summed E-state index contributed by atoms with van der Waals surface area (Å²) < 4.78 is 1.14. The van der Waals surface area contributed by atoms with Crippen molar-refractivity contribution >= 4 is 27.3 Å². The molecule has 1 fully saturated rings. The first-order chi connectivity index (χ1) is 12.2. The molecule has 1 unspecified atom stereocenters. The normalized spacial score (nSPS) is 16.9. The lowest BCUT2D eigenvalue weighted by molar-refractivity contribution is 0.0450. The van der Waals surface area contributed by atoms with Crippen LogP contribution in [0.3, 0.4) is 0 Å². The van der Waals surface area contributed by atoms with Gasteiger partial charge in [0.05, 0.1) is 16.7 Å². The van der Waals surface area contributed by atoms with Gasteiger partial charge in [0.2, 0.25) is 0 Å². The molecule has 1 saturated heterocycles. The highest BCUT2D eigenvalue weighted by Crippen LogP contribution is 2.32. The monoisotopic (exact) mass is 352 g/mol. The van der Waals surface area contributed by atoms with Crippen LogP contribution in [0.15, 0.2) is 54.7 Å². The average Bonchev–Trinajstić information content (AvgIpc) is 3.12. The van der Waals surface area contributed by atoms with Crippen LogP contribution in [0, 0.1) is 5.92 Å². The number of thiophene rings is 1. The predicted molar refractivity (Wildman–Crippen MR) is 99.6 cm³/mol. The molecule has 2 aromatic heterocycles. The van der Waals surface area contributed by atoms with Gasteiger partial charge < -0.3 is 10.0 Å². The maximum Gasteiger partial charge on any atom is 0.263 e. The minimum atomic E-state index is -0.553. The van der Waals surface area contributed by atoms with Crippen LogP contribution in [0.25, 0.3) is 10.1 Å². The molecule has 0 bridgehead atoms. The van der Waals surface area contributed by atoms with E-state index in [0.29, 0.717) is 13.1 Å². The van der Waals surface area contributed by atoms with Crippen molar-refractivity contribution < 1.29 is 9.90 Å². The molecule has 1 aromatic carbocycles. The fourth-order valence-corrected chi connectivity index (χ4v) is 4.48. The second-order valence-electron chi connectivity index (χ2n) is 6.48. The van der Waals surface area contributed by atoms with E-state index in [1.807, 2.05) is 53.4 Å². The molecule has 3 aromatic rings. The molecule has 1 aliphatic rings. The van der Waals surface area contributed by atoms with Crippen LogP contribution in [0.4, 0.5) is 0 Å². The summed E-state index contributed by atoms with van der Waals surface area (Å²) >= 11 is 1.55.